The Balaban J connectivity index is 1.72. The normalized spacial score (nSPS) is 12.8. The third kappa shape index (κ3) is 6.81. The van der Waals surface area contributed by atoms with Crippen LogP contribution in [0.1, 0.15) is 36.2 Å². The molecule has 4 aromatic carbocycles. The fraction of sp³-hybridized carbons (Fsp3) is 0.212. The SMILES string of the molecule is CC(C)[C@H](CC=O)[C@@H](Cc1ccccc1)OC(=O)c1ccccc1P(c1ccccc1)c1ccccc1. The summed E-state index contributed by atoms with van der Waals surface area (Å²) in [5, 5.41) is 3.31. The summed E-state index contributed by atoms with van der Waals surface area (Å²) >= 11 is 0. The van der Waals surface area contributed by atoms with E-state index in [0.29, 0.717) is 18.4 Å². The molecule has 0 bridgehead atoms. The number of rotatable bonds is 11. The van der Waals surface area contributed by atoms with Gasteiger partial charge in [-0.15, -0.1) is 0 Å². The summed E-state index contributed by atoms with van der Waals surface area (Å²) in [5.74, 6) is -0.223. The van der Waals surface area contributed by atoms with E-state index in [2.05, 4.69) is 38.1 Å². The fourth-order valence-electron chi connectivity index (χ4n) is 4.71. The van der Waals surface area contributed by atoms with Crippen molar-refractivity contribution in [2.75, 3.05) is 0 Å². The van der Waals surface area contributed by atoms with Gasteiger partial charge in [-0.2, -0.15) is 0 Å². The van der Waals surface area contributed by atoms with Crippen molar-refractivity contribution in [3.05, 3.63) is 126 Å². The van der Waals surface area contributed by atoms with Crippen molar-refractivity contribution in [3.8, 4) is 0 Å². The third-order valence-electron chi connectivity index (χ3n) is 6.63. The average Bonchev–Trinajstić information content (AvgIpc) is 2.93. The molecule has 0 fully saturated rings. The van der Waals surface area contributed by atoms with E-state index >= 15 is 0 Å². The van der Waals surface area contributed by atoms with Crippen LogP contribution in [0.4, 0.5) is 0 Å². The molecule has 0 amide bonds. The summed E-state index contributed by atoms with van der Waals surface area (Å²) in [5.41, 5.74) is 1.66. The smallest absolute Gasteiger partial charge is 0.339 e. The minimum atomic E-state index is -0.964. The maximum atomic E-state index is 13.9. The van der Waals surface area contributed by atoms with E-state index in [1.54, 1.807) is 0 Å². The van der Waals surface area contributed by atoms with Crippen LogP contribution in [0.3, 0.4) is 0 Å². The van der Waals surface area contributed by atoms with Gasteiger partial charge in [-0.3, -0.25) is 0 Å². The third-order valence-corrected chi connectivity index (χ3v) is 9.13. The molecule has 0 aliphatic heterocycles. The largest absolute Gasteiger partial charge is 0.458 e. The molecule has 37 heavy (non-hydrogen) atoms. The van der Waals surface area contributed by atoms with Crippen LogP contribution in [0.5, 0.6) is 0 Å². The first-order valence-corrected chi connectivity index (χ1v) is 14.1. The molecule has 0 radical (unpaired) electrons. The zero-order valence-electron chi connectivity index (χ0n) is 21.4. The summed E-state index contributed by atoms with van der Waals surface area (Å²) in [6, 6.07) is 38.5. The summed E-state index contributed by atoms with van der Waals surface area (Å²) in [7, 11) is -0.964. The number of benzene rings is 4. The van der Waals surface area contributed by atoms with Crippen LogP contribution in [0.25, 0.3) is 0 Å². The first-order valence-electron chi connectivity index (χ1n) is 12.8. The first-order chi connectivity index (χ1) is 18.1. The van der Waals surface area contributed by atoms with Crippen molar-refractivity contribution in [2.45, 2.75) is 32.8 Å². The molecule has 0 aliphatic rings. The van der Waals surface area contributed by atoms with Crippen LogP contribution in [0, 0.1) is 11.8 Å². The van der Waals surface area contributed by atoms with Gasteiger partial charge < -0.3 is 9.53 Å². The zero-order chi connectivity index (χ0) is 26.0. The van der Waals surface area contributed by atoms with Crippen LogP contribution in [0.2, 0.25) is 0 Å². The Morgan fingerprint density at radius 2 is 1.27 bits per heavy atom. The summed E-state index contributed by atoms with van der Waals surface area (Å²) in [6.45, 7) is 4.16. The van der Waals surface area contributed by atoms with Crippen molar-refractivity contribution >= 4 is 36.1 Å². The van der Waals surface area contributed by atoms with E-state index < -0.39 is 14.0 Å². The van der Waals surface area contributed by atoms with Crippen LogP contribution in [-0.4, -0.2) is 18.4 Å². The highest BCUT2D eigenvalue weighted by molar-refractivity contribution is 7.80. The summed E-state index contributed by atoms with van der Waals surface area (Å²) in [4.78, 5) is 25.4. The van der Waals surface area contributed by atoms with Gasteiger partial charge in [0.05, 0.1) is 5.56 Å². The summed E-state index contributed by atoms with van der Waals surface area (Å²) in [6.07, 6.45) is 1.45. The Kier molecular flexibility index (Phi) is 9.40. The lowest BCUT2D eigenvalue weighted by Gasteiger charge is -2.30. The Hall–Kier alpha value is -3.55. The topological polar surface area (TPSA) is 43.4 Å². The lowest BCUT2D eigenvalue weighted by Crippen LogP contribution is -2.34. The monoisotopic (exact) mass is 508 g/mol. The fourth-order valence-corrected chi connectivity index (χ4v) is 7.15. The molecule has 0 spiro atoms. The van der Waals surface area contributed by atoms with E-state index in [0.717, 1.165) is 17.2 Å². The number of aldehydes is 1. The summed E-state index contributed by atoms with van der Waals surface area (Å²) < 4.78 is 6.29. The quantitative estimate of drug-likeness (QED) is 0.140. The predicted octanol–water partition coefficient (Wildman–Crippen LogP) is 6.07. The molecule has 0 heterocycles. The molecule has 4 aromatic rings. The molecule has 2 atom stereocenters. The maximum absolute atomic E-state index is 13.9. The van der Waals surface area contributed by atoms with Crippen molar-refractivity contribution in [1.29, 1.82) is 0 Å². The highest BCUT2D eigenvalue weighted by atomic mass is 31.1. The second-order valence-corrected chi connectivity index (χ2v) is 11.7. The number of hydrogen-bond donors (Lipinski definition) is 0. The van der Waals surface area contributed by atoms with E-state index in [-0.39, 0.29) is 17.8 Å². The maximum Gasteiger partial charge on any atom is 0.339 e. The molecule has 4 rings (SSSR count). The van der Waals surface area contributed by atoms with E-state index in [1.807, 2.05) is 91.0 Å². The van der Waals surface area contributed by atoms with Gasteiger partial charge in [-0.05, 0) is 41.4 Å². The molecule has 0 aromatic heterocycles. The molecule has 0 saturated carbocycles. The Bertz CT molecular complexity index is 1230. The highest BCUT2D eigenvalue weighted by Gasteiger charge is 2.30. The second-order valence-electron chi connectivity index (χ2n) is 9.47. The van der Waals surface area contributed by atoms with Crippen molar-refractivity contribution in [2.24, 2.45) is 11.8 Å². The van der Waals surface area contributed by atoms with Gasteiger partial charge in [0.2, 0.25) is 0 Å². The number of carbonyl (C=O) groups is 2. The van der Waals surface area contributed by atoms with E-state index in [1.165, 1.54) is 10.6 Å². The Morgan fingerprint density at radius 3 is 1.81 bits per heavy atom. The van der Waals surface area contributed by atoms with Crippen LogP contribution in [-0.2, 0) is 16.0 Å². The Morgan fingerprint density at radius 1 is 0.757 bits per heavy atom. The first kappa shape index (κ1) is 26.5. The lowest BCUT2D eigenvalue weighted by molar-refractivity contribution is -0.110. The van der Waals surface area contributed by atoms with Crippen LogP contribution in [0.15, 0.2) is 115 Å². The van der Waals surface area contributed by atoms with Crippen molar-refractivity contribution in [1.82, 2.24) is 0 Å². The van der Waals surface area contributed by atoms with Crippen LogP contribution < -0.4 is 15.9 Å². The molecule has 188 valence electrons. The van der Waals surface area contributed by atoms with Crippen molar-refractivity contribution in [3.63, 3.8) is 0 Å². The van der Waals surface area contributed by atoms with Gasteiger partial charge in [0, 0.05) is 18.8 Å². The molecule has 0 N–H and O–H groups in total. The molecule has 3 nitrogen and oxygen atoms in total. The molecule has 0 saturated heterocycles. The van der Waals surface area contributed by atoms with Gasteiger partial charge >= 0.3 is 5.97 Å². The van der Waals surface area contributed by atoms with Gasteiger partial charge in [-0.25, -0.2) is 4.79 Å². The van der Waals surface area contributed by atoms with Gasteiger partial charge in [0.25, 0.3) is 0 Å². The number of esters is 1. The molecule has 0 aliphatic carbocycles. The second kappa shape index (κ2) is 13.1. The molecular weight excluding hydrogens is 475 g/mol. The predicted molar refractivity (Wildman–Crippen MR) is 154 cm³/mol. The Labute approximate surface area is 221 Å². The number of hydrogen-bond acceptors (Lipinski definition) is 3. The number of carbonyl (C=O) groups excluding carboxylic acids is 2. The lowest BCUT2D eigenvalue weighted by atomic mass is 9.84. The molecular formula is C33H33O3P. The van der Waals surface area contributed by atoms with Gasteiger partial charge in [-0.1, -0.05) is 123 Å². The van der Waals surface area contributed by atoms with E-state index in [4.69, 9.17) is 4.74 Å². The highest BCUT2D eigenvalue weighted by Crippen LogP contribution is 2.34. The molecule has 4 heteroatoms. The molecule has 0 unspecified atom stereocenters. The van der Waals surface area contributed by atoms with Crippen LogP contribution >= 0.6 is 7.92 Å². The van der Waals surface area contributed by atoms with Gasteiger partial charge in [0.1, 0.15) is 12.4 Å². The van der Waals surface area contributed by atoms with Gasteiger partial charge in [0.15, 0.2) is 0 Å². The minimum Gasteiger partial charge on any atom is -0.458 e. The van der Waals surface area contributed by atoms with Crippen molar-refractivity contribution < 1.29 is 14.3 Å². The average molecular weight is 509 g/mol. The number of ether oxygens (including phenoxy) is 1. The zero-order valence-corrected chi connectivity index (χ0v) is 22.3. The standard InChI is InChI=1S/C33H33O3P/c1-25(2)29(22-23-34)31(24-26-14-6-3-7-15-26)36-33(35)30-20-12-13-21-32(30)37(27-16-8-4-9-17-27)28-18-10-5-11-19-28/h3-21,23,25,29,31H,22,24H2,1-2H3/t29-,31+/m0/s1. The van der Waals surface area contributed by atoms with E-state index in [9.17, 15) is 9.59 Å². The minimum absolute atomic E-state index is 0.0708.